The van der Waals surface area contributed by atoms with Crippen molar-refractivity contribution in [3.8, 4) is 17.2 Å². The number of carbonyl (C=O) groups is 1. The zero-order valence-electron chi connectivity index (χ0n) is 18.8. The first kappa shape index (κ1) is 25.0. The Labute approximate surface area is 223 Å². The van der Waals surface area contributed by atoms with Crippen LogP contribution < -0.4 is 16.0 Å². The number of fused-ring (bicyclic) bond motifs is 1. The number of nitrogens with zero attached hydrogens (tertiary/aromatic N) is 3. The lowest BCUT2D eigenvalue weighted by Gasteiger charge is -2.29. The molecule has 0 saturated carbocycles. The summed E-state index contributed by atoms with van der Waals surface area (Å²) in [5, 5.41) is 4.02. The molecule has 0 atom stereocenters. The third kappa shape index (κ3) is 5.11. The lowest BCUT2D eigenvalue weighted by molar-refractivity contribution is 0.0727. The molecule has 1 aromatic heterocycles. The first-order valence-corrected chi connectivity index (χ1v) is 12.0. The molecule has 1 aliphatic heterocycles. The summed E-state index contributed by atoms with van der Waals surface area (Å²) in [7, 11) is 0. The number of carbonyl (C=O) groups excluding carboxylic acids is 1. The molecule has 0 unspecified atom stereocenters. The molecule has 37 heavy (non-hydrogen) atoms. The van der Waals surface area contributed by atoms with Crippen LogP contribution in [0.4, 0.5) is 4.39 Å². The molecule has 4 aromatic rings. The van der Waals surface area contributed by atoms with Crippen LogP contribution in [-0.2, 0) is 13.0 Å². The second-order valence-corrected chi connectivity index (χ2v) is 9.46. The number of aromatic nitrogens is 3. The van der Waals surface area contributed by atoms with Crippen LogP contribution in [0.15, 0.2) is 64.3 Å². The second-order valence-electron chi connectivity index (χ2n) is 8.24. The van der Waals surface area contributed by atoms with E-state index in [-0.39, 0.29) is 32.4 Å². The number of aromatic amines is 1. The number of rotatable bonds is 5. The maximum Gasteiger partial charge on any atom is 0.349 e. The molecule has 8 nitrogen and oxygen atoms in total. The van der Waals surface area contributed by atoms with E-state index in [2.05, 4.69) is 10.1 Å². The van der Waals surface area contributed by atoms with Crippen LogP contribution >= 0.6 is 34.8 Å². The Bertz CT molecular complexity index is 1650. The number of benzene rings is 3. The molecule has 12 heteroatoms. The van der Waals surface area contributed by atoms with Gasteiger partial charge < -0.3 is 9.64 Å². The van der Waals surface area contributed by atoms with Gasteiger partial charge in [-0.3, -0.25) is 14.6 Å². The maximum absolute atomic E-state index is 13.5. The summed E-state index contributed by atoms with van der Waals surface area (Å²) in [6.07, 6.45) is 1.53. The summed E-state index contributed by atoms with van der Waals surface area (Å²) < 4.78 is 20.3. The van der Waals surface area contributed by atoms with Gasteiger partial charge in [-0.15, -0.1) is 0 Å². The molecule has 0 saturated heterocycles. The number of hydrogen-bond donors (Lipinski definition) is 1. The van der Waals surface area contributed by atoms with Crippen molar-refractivity contribution in [1.29, 1.82) is 0 Å². The van der Waals surface area contributed by atoms with E-state index < -0.39 is 17.1 Å². The molecule has 1 aliphatic rings. The SMILES string of the molecule is O=C1c2ccc(Oc3c(Cl)cc(-n4ncc(=O)[nH]c4=O)cc3Cl)cc2CCN1Cc1ccc(F)c(Cl)c1. The largest absolute Gasteiger partial charge is 0.454 e. The highest BCUT2D eigenvalue weighted by Crippen LogP contribution is 2.39. The van der Waals surface area contributed by atoms with Crippen LogP contribution in [0.1, 0.15) is 21.5 Å². The molecular formula is C25H16Cl3FN4O4. The summed E-state index contributed by atoms with van der Waals surface area (Å²) in [5.41, 5.74) is 0.917. The van der Waals surface area contributed by atoms with Crippen molar-refractivity contribution in [2.75, 3.05) is 6.54 Å². The van der Waals surface area contributed by atoms with E-state index in [4.69, 9.17) is 39.5 Å². The molecule has 188 valence electrons. The van der Waals surface area contributed by atoms with Crippen molar-refractivity contribution in [1.82, 2.24) is 19.7 Å². The van der Waals surface area contributed by atoms with Gasteiger partial charge in [0.15, 0.2) is 5.75 Å². The normalized spacial score (nSPS) is 13.0. The number of halogens is 4. The number of ether oxygens (including phenoxy) is 1. The van der Waals surface area contributed by atoms with Crippen molar-refractivity contribution in [3.05, 3.63) is 113 Å². The van der Waals surface area contributed by atoms with Crippen LogP contribution in [0, 0.1) is 5.82 Å². The zero-order valence-corrected chi connectivity index (χ0v) is 21.1. The van der Waals surface area contributed by atoms with Crippen molar-refractivity contribution in [3.63, 3.8) is 0 Å². The van der Waals surface area contributed by atoms with Crippen LogP contribution in [0.3, 0.4) is 0 Å². The predicted octanol–water partition coefficient (Wildman–Crippen LogP) is 5.01. The molecule has 5 rings (SSSR count). The van der Waals surface area contributed by atoms with Gasteiger partial charge in [-0.25, -0.2) is 9.18 Å². The van der Waals surface area contributed by atoms with Gasteiger partial charge in [0, 0.05) is 18.7 Å². The van der Waals surface area contributed by atoms with Crippen molar-refractivity contribution in [2.45, 2.75) is 13.0 Å². The Kier molecular flexibility index (Phi) is 6.76. The van der Waals surface area contributed by atoms with E-state index in [0.717, 1.165) is 22.0 Å². The van der Waals surface area contributed by atoms with Crippen LogP contribution in [0.25, 0.3) is 5.69 Å². The van der Waals surface area contributed by atoms with Crippen LogP contribution in [0.5, 0.6) is 11.5 Å². The van der Waals surface area contributed by atoms with Crippen molar-refractivity contribution >= 4 is 40.7 Å². The lowest BCUT2D eigenvalue weighted by Crippen LogP contribution is -2.37. The smallest absolute Gasteiger partial charge is 0.349 e. The molecule has 0 fully saturated rings. The number of H-pyrrole nitrogens is 1. The second kappa shape index (κ2) is 10.0. The Morgan fingerprint density at radius 2 is 1.73 bits per heavy atom. The minimum atomic E-state index is -0.746. The van der Waals surface area contributed by atoms with Gasteiger partial charge in [0.2, 0.25) is 0 Å². The minimum absolute atomic E-state index is 0.0107. The summed E-state index contributed by atoms with van der Waals surface area (Å²) in [6, 6.07) is 12.3. The van der Waals surface area contributed by atoms with Crippen molar-refractivity contribution < 1.29 is 13.9 Å². The highest BCUT2D eigenvalue weighted by molar-refractivity contribution is 6.37. The predicted molar refractivity (Wildman–Crippen MR) is 137 cm³/mol. The molecule has 1 amide bonds. The number of hydrogen-bond acceptors (Lipinski definition) is 5. The van der Waals surface area contributed by atoms with Gasteiger partial charge in [0.25, 0.3) is 11.5 Å². The quantitative estimate of drug-likeness (QED) is 0.369. The van der Waals surface area contributed by atoms with E-state index in [1.807, 2.05) is 0 Å². The molecule has 0 spiro atoms. The third-order valence-electron chi connectivity index (χ3n) is 5.76. The Balaban J connectivity index is 1.36. The van der Waals surface area contributed by atoms with E-state index in [0.29, 0.717) is 30.8 Å². The van der Waals surface area contributed by atoms with Gasteiger partial charge in [-0.2, -0.15) is 9.78 Å². The van der Waals surface area contributed by atoms with Gasteiger partial charge >= 0.3 is 5.69 Å². The Morgan fingerprint density at radius 1 is 0.973 bits per heavy atom. The average molecular weight is 562 g/mol. The molecule has 0 aliphatic carbocycles. The Morgan fingerprint density at radius 3 is 2.43 bits per heavy atom. The summed E-state index contributed by atoms with van der Waals surface area (Å²) in [6.45, 7) is 0.767. The zero-order chi connectivity index (χ0) is 26.3. The van der Waals surface area contributed by atoms with E-state index in [9.17, 15) is 18.8 Å². The first-order chi connectivity index (χ1) is 17.7. The lowest BCUT2D eigenvalue weighted by atomic mass is 9.98. The molecule has 0 radical (unpaired) electrons. The van der Waals surface area contributed by atoms with Crippen LogP contribution in [0.2, 0.25) is 15.1 Å². The monoisotopic (exact) mass is 560 g/mol. The molecular weight excluding hydrogens is 546 g/mol. The van der Waals surface area contributed by atoms with E-state index in [1.165, 1.54) is 24.3 Å². The summed E-state index contributed by atoms with van der Waals surface area (Å²) in [4.78, 5) is 40.1. The fourth-order valence-electron chi connectivity index (χ4n) is 4.01. The number of nitrogens with one attached hydrogen (secondary N) is 1. The first-order valence-electron chi connectivity index (χ1n) is 10.9. The Hall–Kier alpha value is -3.66. The van der Waals surface area contributed by atoms with Gasteiger partial charge in [-0.1, -0.05) is 40.9 Å². The highest BCUT2D eigenvalue weighted by Gasteiger charge is 2.25. The topological polar surface area (TPSA) is 97.3 Å². The summed E-state index contributed by atoms with van der Waals surface area (Å²) in [5.74, 6) is -0.0970. The van der Waals surface area contributed by atoms with Crippen molar-refractivity contribution in [2.24, 2.45) is 0 Å². The third-order valence-corrected chi connectivity index (χ3v) is 6.61. The van der Waals surface area contributed by atoms with E-state index >= 15 is 0 Å². The standard InChI is InChI=1S/C25H16Cl3FN4O4/c26-18-7-13(1-4-21(18)29)12-32-6-5-14-8-16(2-3-17(14)24(32)35)37-23-19(27)9-15(10-20(23)28)33-25(36)31-22(34)11-30-33/h1-4,7-11H,5-6,12H2,(H,31,34,36). The number of amides is 1. The van der Waals surface area contributed by atoms with Gasteiger partial charge in [0.1, 0.15) is 17.8 Å². The molecule has 1 N–H and O–H groups in total. The molecule has 3 aromatic carbocycles. The fourth-order valence-corrected chi connectivity index (χ4v) is 4.76. The molecule has 0 bridgehead atoms. The van der Waals surface area contributed by atoms with Crippen LogP contribution in [-0.4, -0.2) is 32.1 Å². The van der Waals surface area contributed by atoms with E-state index in [1.54, 1.807) is 29.2 Å². The highest BCUT2D eigenvalue weighted by atomic mass is 35.5. The van der Waals surface area contributed by atoms with Gasteiger partial charge in [0.05, 0.1) is 20.8 Å². The van der Waals surface area contributed by atoms with Gasteiger partial charge in [-0.05, 0) is 60.0 Å². The average Bonchev–Trinajstić information content (AvgIpc) is 2.85. The molecule has 2 heterocycles. The summed E-state index contributed by atoms with van der Waals surface area (Å²) >= 11 is 18.6. The minimum Gasteiger partial charge on any atom is -0.454 e. The maximum atomic E-state index is 13.5. The fraction of sp³-hybridized carbons (Fsp3) is 0.120.